The third-order valence-electron chi connectivity index (χ3n) is 5.64. The van der Waals surface area contributed by atoms with Crippen molar-refractivity contribution in [2.45, 2.75) is 45.9 Å². The fourth-order valence-electron chi connectivity index (χ4n) is 4.12. The van der Waals surface area contributed by atoms with Gasteiger partial charge in [-0.3, -0.25) is 0 Å². The topological polar surface area (TPSA) is 74.4 Å². The molecule has 7 heteroatoms. The van der Waals surface area contributed by atoms with Gasteiger partial charge in [0.1, 0.15) is 5.60 Å². The minimum atomic E-state index is -0.514. The van der Waals surface area contributed by atoms with Crippen LogP contribution in [0.2, 0.25) is 0 Å². The van der Waals surface area contributed by atoms with Gasteiger partial charge in [-0.1, -0.05) is 30.3 Å². The highest BCUT2D eigenvalue weighted by Gasteiger charge is 2.32. The summed E-state index contributed by atoms with van der Waals surface area (Å²) in [5.41, 5.74) is 3.05. The predicted octanol–water partition coefficient (Wildman–Crippen LogP) is 4.40. The Kier molecular flexibility index (Phi) is 5.79. The van der Waals surface area contributed by atoms with Gasteiger partial charge in [-0.2, -0.15) is 5.26 Å². The van der Waals surface area contributed by atoms with Crippen molar-refractivity contribution < 1.29 is 9.53 Å². The van der Waals surface area contributed by atoms with Crippen molar-refractivity contribution in [3.8, 4) is 6.07 Å². The van der Waals surface area contributed by atoms with Crippen LogP contribution in [0.1, 0.15) is 38.8 Å². The maximum atomic E-state index is 12.6. The third kappa shape index (κ3) is 4.40. The number of hydrogen-bond acceptors (Lipinski definition) is 5. The van der Waals surface area contributed by atoms with Crippen molar-refractivity contribution in [1.82, 2.24) is 14.5 Å². The Morgan fingerprint density at radius 3 is 2.59 bits per heavy atom. The first-order chi connectivity index (χ1) is 15.3. The fraction of sp³-hybridized carbons (Fsp3) is 0.400. The number of ether oxygens (including phenoxy) is 1. The lowest BCUT2D eigenvalue weighted by Gasteiger charge is -2.40. The highest BCUT2D eigenvalue weighted by Crippen LogP contribution is 2.28. The van der Waals surface area contributed by atoms with E-state index in [2.05, 4.69) is 28.5 Å². The van der Waals surface area contributed by atoms with Crippen molar-refractivity contribution >= 4 is 23.1 Å². The number of para-hydroxylation sites is 2. The molecule has 1 saturated heterocycles. The summed E-state index contributed by atoms with van der Waals surface area (Å²) in [6.07, 6.45) is -0.277. The molecule has 0 spiro atoms. The van der Waals surface area contributed by atoms with E-state index in [4.69, 9.17) is 9.72 Å². The van der Waals surface area contributed by atoms with E-state index < -0.39 is 5.60 Å². The highest BCUT2D eigenvalue weighted by molar-refractivity contribution is 5.79. The summed E-state index contributed by atoms with van der Waals surface area (Å²) in [6.45, 7) is 10.1. The molecule has 0 saturated carbocycles. The lowest BCUT2D eigenvalue weighted by molar-refractivity contribution is 0.0218. The molecule has 1 aromatic heterocycles. The number of carbonyl (C=O) groups excluding carboxylic acids is 1. The summed E-state index contributed by atoms with van der Waals surface area (Å²) in [4.78, 5) is 21.5. The van der Waals surface area contributed by atoms with Crippen LogP contribution in [0, 0.1) is 11.3 Å². The molecule has 0 radical (unpaired) electrons. The quantitative estimate of drug-likeness (QED) is 0.614. The first-order valence-corrected chi connectivity index (χ1v) is 10.9. The Labute approximate surface area is 188 Å². The Balaban J connectivity index is 1.64. The van der Waals surface area contributed by atoms with E-state index in [-0.39, 0.29) is 12.1 Å². The van der Waals surface area contributed by atoms with Gasteiger partial charge in [0.2, 0.25) is 5.95 Å². The number of aromatic nitrogens is 2. The molecule has 7 nitrogen and oxygen atoms in total. The molecule has 0 bridgehead atoms. The second-order valence-corrected chi connectivity index (χ2v) is 9.22. The monoisotopic (exact) mass is 431 g/mol. The van der Waals surface area contributed by atoms with Gasteiger partial charge in [0.15, 0.2) is 0 Å². The van der Waals surface area contributed by atoms with Crippen LogP contribution in [-0.2, 0) is 11.3 Å². The smallest absolute Gasteiger partial charge is 0.410 e. The Morgan fingerprint density at radius 1 is 1.16 bits per heavy atom. The molecule has 0 aliphatic carbocycles. The number of imidazole rings is 1. The van der Waals surface area contributed by atoms with E-state index in [1.54, 1.807) is 4.90 Å². The van der Waals surface area contributed by atoms with Gasteiger partial charge in [0, 0.05) is 25.7 Å². The number of anilines is 1. The lowest BCUT2D eigenvalue weighted by atomic mass is 10.1. The average Bonchev–Trinajstić information content (AvgIpc) is 3.11. The zero-order valence-electron chi connectivity index (χ0n) is 19.1. The first-order valence-electron chi connectivity index (χ1n) is 10.9. The summed E-state index contributed by atoms with van der Waals surface area (Å²) in [5, 5.41) is 9.55. The largest absolute Gasteiger partial charge is 0.444 e. The number of piperazine rings is 1. The molecule has 1 atom stereocenters. The maximum absolute atomic E-state index is 12.6. The van der Waals surface area contributed by atoms with Crippen LogP contribution in [0.5, 0.6) is 0 Å². The minimum Gasteiger partial charge on any atom is -0.444 e. The SMILES string of the molecule is C[C@H]1CN(C(=O)OC(C)(C)C)CCN1c1nc2ccccc2n1Cc1ccccc1C#N. The number of carbonyl (C=O) groups is 1. The van der Waals surface area contributed by atoms with Gasteiger partial charge >= 0.3 is 6.09 Å². The Bertz CT molecular complexity index is 1170. The van der Waals surface area contributed by atoms with Gasteiger partial charge in [0.05, 0.1) is 29.2 Å². The van der Waals surface area contributed by atoms with E-state index in [1.165, 1.54) is 0 Å². The summed E-state index contributed by atoms with van der Waals surface area (Å²) in [7, 11) is 0. The minimum absolute atomic E-state index is 0.0676. The zero-order valence-corrected chi connectivity index (χ0v) is 19.1. The molecule has 32 heavy (non-hydrogen) atoms. The van der Waals surface area contributed by atoms with Crippen molar-refractivity contribution in [2.24, 2.45) is 0 Å². The predicted molar refractivity (Wildman–Crippen MR) is 125 cm³/mol. The van der Waals surface area contributed by atoms with Crippen LogP contribution in [0.15, 0.2) is 48.5 Å². The summed E-state index contributed by atoms with van der Waals surface area (Å²) in [6, 6.07) is 18.1. The van der Waals surface area contributed by atoms with Crippen molar-refractivity contribution in [3.63, 3.8) is 0 Å². The number of benzene rings is 2. The average molecular weight is 432 g/mol. The van der Waals surface area contributed by atoms with Crippen LogP contribution in [-0.4, -0.2) is 51.8 Å². The van der Waals surface area contributed by atoms with Gasteiger partial charge in [0.25, 0.3) is 0 Å². The molecule has 2 heterocycles. The zero-order chi connectivity index (χ0) is 22.9. The van der Waals surface area contributed by atoms with Gasteiger partial charge in [-0.05, 0) is 51.5 Å². The first kappa shape index (κ1) is 21.7. The highest BCUT2D eigenvalue weighted by atomic mass is 16.6. The maximum Gasteiger partial charge on any atom is 0.410 e. The Morgan fingerprint density at radius 2 is 1.88 bits per heavy atom. The van der Waals surface area contributed by atoms with E-state index >= 15 is 0 Å². The van der Waals surface area contributed by atoms with Crippen LogP contribution in [0.3, 0.4) is 0 Å². The molecule has 1 fully saturated rings. The normalized spacial score (nSPS) is 16.8. The van der Waals surface area contributed by atoms with Crippen LogP contribution in [0.25, 0.3) is 11.0 Å². The standard InChI is InChI=1S/C25H29N5O2/c1-18-16-28(24(31)32-25(2,3)4)13-14-29(18)23-27-21-11-7-8-12-22(21)30(23)17-20-10-6-5-9-19(20)15-26/h5-12,18H,13-14,16-17H2,1-4H3/t18-/m0/s1. The van der Waals surface area contributed by atoms with Crippen molar-refractivity contribution in [3.05, 3.63) is 59.7 Å². The molecule has 1 aliphatic rings. The Hall–Kier alpha value is -3.53. The fourth-order valence-corrected chi connectivity index (χ4v) is 4.12. The second-order valence-electron chi connectivity index (χ2n) is 9.22. The molecular weight excluding hydrogens is 402 g/mol. The number of nitrogens with zero attached hydrogens (tertiary/aromatic N) is 5. The molecule has 4 rings (SSSR count). The summed E-state index contributed by atoms with van der Waals surface area (Å²) < 4.78 is 7.73. The van der Waals surface area contributed by atoms with Gasteiger partial charge in [-0.25, -0.2) is 9.78 Å². The molecule has 0 unspecified atom stereocenters. The van der Waals surface area contributed by atoms with Crippen LogP contribution >= 0.6 is 0 Å². The van der Waals surface area contributed by atoms with E-state index in [0.29, 0.717) is 31.7 Å². The summed E-state index contributed by atoms with van der Waals surface area (Å²) in [5.74, 6) is 0.857. The summed E-state index contributed by atoms with van der Waals surface area (Å²) >= 11 is 0. The third-order valence-corrected chi connectivity index (χ3v) is 5.64. The number of nitriles is 1. The van der Waals surface area contributed by atoms with Crippen LogP contribution in [0.4, 0.5) is 10.7 Å². The molecule has 1 amide bonds. The molecule has 2 aromatic carbocycles. The van der Waals surface area contributed by atoms with Crippen molar-refractivity contribution in [2.75, 3.05) is 24.5 Å². The second kappa shape index (κ2) is 8.54. The molecule has 3 aromatic rings. The van der Waals surface area contributed by atoms with Gasteiger partial charge in [-0.15, -0.1) is 0 Å². The number of fused-ring (bicyclic) bond motifs is 1. The van der Waals surface area contributed by atoms with Gasteiger partial charge < -0.3 is 19.1 Å². The molecule has 0 N–H and O–H groups in total. The molecule has 166 valence electrons. The number of amides is 1. The number of rotatable bonds is 3. The van der Waals surface area contributed by atoms with Crippen LogP contribution < -0.4 is 4.90 Å². The van der Waals surface area contributed by atoms with E-state index in [1.807, 2.05) is 63.2 Å². The van der Waals surface area contributed by atoms with Crippen molar-refractivity contribution in [1.29, 1.82) is 5.26 Å². The molecule has 1 aliphatic heterocycles. The van der Waals surface area contributed by atoms with E-state index in [9.17, 15) is 10.1 Å². The number of hydrogen-bond donors (Lipinski definition) is 0. The van der Waals surface area contributed by atoms with E-state index in [0.717, 1.165) is 22.5 Å². The molecular formula is C25H29N5O2. The lowest BCUT2D eigenvalue weighted by Crippen LogP contribution is -2.55.